The molecule has 1 unspecified atom stereocenters. The van der Waals surface area contributed by atoms with Crippen molar-refractivity contribution < 1.29 is 9.90 Å². The standard InChI is InChI=1S/C29H32N8O2/c1-18(2)27(38)28(39)36-15-23-14-35(16-29(23,3)17-36)25-6-5-19(9-31-25)24-7-20(22-11-32-34(4)12-22)13-37-26(24)21(8-30)10-33-37/h5-7,9-13,18,23,27,38H,14-17H2,1-4H3/t23-,27?,29+/m0/s1. The van der Waals surface area contributed by atoms with E-state index in [0.717, 1.165) is 46.7 Å². The van der Waals surface area contributed by atoms with Crippen LogP contribution in [-0.2, 0) is 11.8 Å². The molecule has 0 radical (unpaired) electrons. The van der Waals surface area contributed by atoms with Crippen LogP contribution in [0.25, 0.3) is 27.8 Å². The van der Waals surface area contributed by atoms with Crippen molar-refractivity contribution in [3.05, 3.63) is 54.7 Å². The zero-order valence-electron chi connectivity index (χ0n) is 22.6. The van der Waals surface area contributed by atoms with Gasteiger partial charge in [-0.15, -0.1) is 0 Å². The summed E-state index contributed by atoms with van der Waals surface area (Å²) in [6.45, 7) is 8.88. The van der Waals surface area contributed by atoms with Crippen LogP contribution >= 0.6 is 0 Å². The fraction of sp³-hybridized carbons (Fsp3) is 0.414. The van der Waals surface area contributed by atoms with Crippen LogP contribution in [0.4, 0.5) is 5.82 Å². The molecule has 0 spiro atoms. The minimum Gasteiger partial charge on any atom is -0.383 e. The first-order valence-electron chi connectivity index (χ1n) is 13.3. The van der Waals surface area contributed by atoms with Gasteiger partial charge in [0.1, 0.15) is 18.0 Å². The molecule has 200 valence electrons. The number of aliphatic hydroxyl groups is 1. The number of likely N-dealkylation sites (tertiary alicyclic amines) is 1. The lowest BCUT2D eigenvalue weighted by Gasteiger charge is -2.28. The molecule has 0 aromatic carbocycles. The van der Waals surface area contributed by atoms with Crippen molar-refractivity contribution in [2.45, 2.75) is 26.9 Å². The highest BCUT2D eigenvalue weighted by atomic mass is 16.3. The smallest absolute Gasteiger partial charge is 0.251 e. The van der Waals surface area contributed by atoms with Crippen LogP contribution in [-0.4, -0.2) is 72.6 Å². The molecule has 0 bridgehead atoms. The Morgan fingerprint density at radius 3 is 2.56 bits per heavy atom. The normalized spacial score (nSPS) is 21.5. The third-order valence-corrected chi connectivity index (χ3v) is 8.32. The summed E-state index contributed by atoms with van der Waals surface area (Å²) < 4.78 is 3.50. The first kappa shape index (κ1) is 25.1. The van der Waals surface area contributed by atoms with E-state index in [9.17, 15) is 15.2 Å². The summed E-state index contributed by atoms with van der Waals surface area (Å²) in [7, 11) is 1.88. The van der Waals surface area contributed by atoms with Gasteiger partial charge in [-0.25, -0.2) is 9.50 Å². The average Bonchev–Trinajstić information content (AvgIpc) is 3.68. The van der Waals surface area contributed by atoms with Gasteiger partial charge >= 0.3 is 0 Å². The van der Waals surface area contributed by atoms with Crippen molar-refractivity contribution in [1.82, 2.24) is 29.3 Å². The topological polar surface area (TPSA) is 116 Å². The van der Waals surface area contributed by atoms with Crippen molar-refractivity contribution in [1.29, 1.82) is 5.26 Å². The number of anilines is 1. The van der Waals surface area contributed by atoms with Gasteiger partial charge in [0.05, 0.1) is 23.5 Å². The molecule has 2 saturated heterocycles. The van der Waals surface area contributed by atoms with E-state index in [-0.39, 0.29) is 17.2 Å². The number of nitriles is 1. The van der Waals surface area contributed by atoms with E-state index < -0.39 is 6.10 Å². The SMILES string of the molecule is CC(C)C(O)C(=O)N1C[C@@H]2CN(c3ccc(-c4cc(-c5cnn(C)c5)cn5ncc(C#N)c45)cn3)C[C@]2(C)C1. The molecule has 0 saturated carbocycles. The predicted molar refractivity (Wildman–Crippen MR) is 147 cm³/mol. The number of aryl methyl sites for hydroxylation is 1. The number of carbonyl (C=O) groups is 1. The Balaban J connectivity index is 1.26. The van der Waals surface area contributed by atoms with Crippen LogP contribution in [0.15, 0.2) is 49.2 Å². The fourth-order valence-electron chi connectivity index (χ4n) is 6.04. The fourth-order valence-corrected chi connectivity index (χ4v) is 6.04. The van der Waals surface area contributed by atoms with Crippen molar-refractivity contribution >= 4 is 17.2 Å². The molecule has 4 aromatic heterocycles. The molecule has 10 heteroatoms. The highest BCUT2D eigenvalue weighted by Gasteiger charge is 2.51. The summed E-state index contributed by atoms with van der Waals surface area (Å²) in [6, 6.07) is 8.39. The van der Waals surface area contributed by atoms with Gasteiger partial charge in [0.2, 0.25) is 0 Å². The van der Waals surface area contributed by atoms with Gasteiger partial charge in [-0.1, -0.05) is 20.8 Å². The number of rotatable bonds is 5. The lowest BCUT2D eigenvalue weighted by Crippen LogP contribution is -2.42. The maximum Gasteiger partial charge on any atom is 0.251 e. The number of fused-ring (bicyclic) bond motifs is 2. The molecular formula is C29H32N8O2. The summed E-state index contributed by atoms with van der Waals surface area (Å²) in [4.78, 5) is 21.7. The van der Waals surface area contributed by atoms with Gasteiger partial charge in [-0.3, -0.25) is 9.48 Å². The van der Waals surface area contributed by atoms with Gasteiger partial charge in [-0.2, -0.15) is 15.5 Å². The molecule has 3 atom stereocenters. The van der Waals surface area contributed by atoms with Gasteiger partial charge in [0.25, 0.3) is 5.91 Å². The van der Waals surface area contributed by atoms with Crippen molar-refractivity contribution in [2.24, 2.45) is 24.3 Å². The maximum absolute atomic E-state index is 12.7. The second kappa shape index (κ2) is 9.20. The number of carbonyl (C=O) groups excluding carboxylic acids is 1. The number of aromatic nitrogens is 5. The molecule has 2 fully saturated rings. The molecule has 2 aliphatic rings. The number of aliphatic hydroxyl groups excluding tert-OH is 1. The second-order valence-corrected chi connectivity index (χ2v) is 11.6. The minimum atomic E-state index is -0.946. The number of pyridine rings is 2. The Morgan fingerprint density at radius 2 is 1.92 bits per heavy atom. The van der Waals surface area contributed by atoms with Crippen LogP contribution in [0.3, 0.4) is 0 Å². The Kier molecular flexibility index (Phi) is 5.92. The molecule has 6 rings (SSSR count). The molecule has 4 aromatic rings. The largest absolute Gasteiger partial charge is 0.383 e. The summed E-state index contributed by atoms with van der Waals surface area (Å²) in [5.74, 6) is 0.958. The first-order valence-corrected chi connectivity index (χ1v) is 13.3. The van der Waals surface area contributed by atoms with E-state index in [1.807, 2.05) is 62.7 Å². The Morgan fingerprint density at radius 1 is 1.10 bits per heavy atom. The Hall–Kier alpha value is -4.23. The number of hydrogen-bond acceptors (Lipinski definition) is 7. The highest BCUT2D eigenvalue weighted by molar-refractivity contribution is 5.87. The van der Waals surface area contributed by atoms with Gasteiger partial charge in [-0.05, 0) is 24.1 Å². The summed E-state index contributed by atoms with van der Waals surface area (Å²) in [5, 5.41) is 28.7. The van der Waals surface area contributed by atoms with E-state index in [1.165, 1.54) is 0 Å². The van der Waals surface area contributed by atoms with Crippen LogP contribution in [0.5, 0.6) is 0 Å². The van der Waals surface area contributed by atoms with Crippen LogP contribution in [0, 0.1) is 28.6 Å². The number of nitrogens with zero attached hydrogens (tertiary/aromatic N) is 8. The van der Waals surface area contributed by atoms with Crippen LogP contribution < -0.4 is 4.90 Å². The zero-order valence-corrected chi connectivity index (χ0v) is 22.6. The van der Waals surface area contributed by atoms with Crippen LogP contribution in [0.1, 0.15) is 26.3 Å². The monoisotopic (exact) mass is 524 g/mol. The summed E-state index contributed by atoms with van der Waals surface area (Å²) >= 11 is 0. The molecule has 1 amide bonds. The molecule has 1 N–H and O–H groups in total. The highest BCUT2D eigenvalue weighted by Crippen LogP contribution is 2.44. The Labute approximate surface area is 227 Å². The molecule has 2 aliphatic heterocycles. The second-order valence-electron chi connectivity index (χ2n) is 11.6. The van der Waals surface area contributed by atoms with E-state index in [2.05, 4.69) is 34.2 Å². The number of amides is 1. The molecular weight excluding hydrogens is 492 g/mol. The quantitative estimate of drug-likeness (QED) is 0.427. The van der Waals surface area contributed by atoms with Crippen molar-refractivity contribution in [3.63, 3.8) is 0 Å². The average molecular weight is 525 g/mol. The first-order chi connectivity index (χ1) is 18.7. The summed E-state index contributed by atoms with van der Waals surface area (Å²) in [5.41, 5.74) is 4.90. The molecule has 10 nitrogen and oxygen atoms in total. The third-order valence-electron chi connectivity index (χ3n) is 8.32. The Bertz CT molecular complexity index is 1600. The van der Waals surface area contributed by atoms with E-state index in [1.54, 1.807) is 15.4 Å². The van der Waals surface area contributed by atoms with E-state index in [4.69, 9.17) is 4.98 Å². The zero-order chi connectivity index (χ0) is 27.5. The van der Waals surface area contributed by atoms with Gasteiger partial charge in [0, 0.05) is 85.4 Å². The summed E-state index contributed by atoms with van der Waals surface area (Å²) in [6.07, 6.45) is 8.17. The maximum atomic E-state index is 12.7. The van der Waals surface area contributed by atoms with E-state index >= 15 is 0 Å². The molecule has 6 heterocycles. The lowest BCUT2D eigenvalue weighted by molar-refractivity contribution is -0.141. The van der Waals surface area contributed by atoms with Crippen LogP contribution in [0.2, 0.25) is 0 Å². The van der Waals surface area contributed by atoms with Gasteiger partial charge < -0.3 is 14.9 Å². The third kappa shape index (κ3) is 4.23. The van der Waals surface area contributed by atoms with Crippen molar-refractivity contribution in [2.75, 3.05) is 31.1 Å². The van der Waals surface area contributed by atoms with Gasteiger partial charge in [0.15, 0.2) is 0 Å². The molecule has 0 aliphatic carbocycles. The van der Waals surface area contributed by atoms with E-state index in [0.29, 0.717) is 24.6 Å². The predicted octanol–water partition coefficient (Wildman–Crippen LogP) is 2.97. The van der Waals surface area contributed by atoms with Crippen molar-refractivity contribution in [3.8, 4) is 28.3 Å². The number of hydrogen-bond donors (Lipinski definition) is 1. The molecule has 39 heavy (non-hydrogen) atoms. The minimum absolute atomic E-state index is 0.0454. The lowest BCUT2D eigenvalue weighted by atomic mass is 9.83.